The van der Waals surface area contributed by atoms with Crippen molar-refractivity contribution < 1.29 is 14.3 Å². The van der Waals surface area contributed by atoms with Gasteiger partial charge in [-0.3, -0.25) is 0 Å². The van der Waals surface area contributed by atoms with Gasteiger partial charge in [0.15, 0.2) is 0 Å². The van der Waals surface area contributed by atoms with E-state index >= 15 is 0 Å². The van der Waals surface area contributed by atoms with Gasteiger partial charge in [-0.2, -0.15) is 4.98 Å². The molecule has 0 saturated carbocycles. The first kappa shape index (κ1) is 15.5. The van der Waals surface area contributed by atoms with Crippen LogP contribution in [0.2, 0.25) is 5.02 Å². The number of aryl methyl sites for hydroxylation is 1. The average molecular weight is 329 g/mol. The fraction of sp³-hybridized carbons (Fsp3) is 0.154. The molecule has 5 nitrogen and oxygen atoms in total. The van der Waals surface area contributed by atoms with Crippen molar-refractivity contribution in [2.24, 2.45) is 0 Å². The number of carbonyl (C=O) groups is 1. The number of thioether (sulfide) groups is 1. The Morgan fingerprint density at radius 1 is 1.52 bits per heavy atom. The van der Waals surface area contributed by atoms with Gasteiger partial charge in [-0.1, -0.05) is 11.6 Å². The van der Waals surface area contributed by atoms with E-state index in [9.17, 15) is 19.1 Å². The summed E-state index contributed by atoms with van der Waals surface area (Å²) in [6, 6.07) is 3.91. The van der Waals surface area contributed by atoms with Gasteiger partial charge in [-0.25, -0.2) is 14.0 Å². The average Bonchev–Trinajstić information content (AvgIpc) is 2.38. The number of aromatic carboxylic acids is 1. The molecule has 1 aromatic carbocycles. The summed E-state index contributed by atoms with van der Waals surface area (Å²) in [5.74, 6) is -1.43. The van der Waals surface area contributed by atoms with Gasteiger partial charge in [-0.15, -0.1) is 11.8 Å². The molecule has 0 bridgehead atoms. The number of halogens is 2. The Bertz CT molecular complexity index is 764. The standard InChI is InChI=1S/C13H10ClFN2O3S/c1-6-10(12(18)19)11(17-13(20)16-6)21-5-7-4-8(15)2-3-9(7)14/h2-4H,5H2,1H3,(H,18,19)(H,16,17,20). The molecule has 8 heteroatoms. The highest BCUT2D eigenvalue weighted by Crippen LogP contribution is 2.28. The number of carboxylic acid groups (broad SMARTS) is 1. The summed E-state index contributed by atoms with van der Waals surface area (Å²) in [6.07, 6.45) is 0. The highest BCUT2D eigenvalue weighted by atomic mass is 35.5. The van der Waals surface area contributed by atoms with Gasteiger partial charge in [-0.05, 0) is 30.7 Å². The first-order chi connectivity index (χ1) is 9.88. The van der Waals surface area contributed by atoms with Gasteiger partial charge in [0.2, 0.25) is 0 Å². The van der Waals surface area contributed by atoms with Crippen LogP contribution in [-0.4, -0.2) is 21.0 Å². The Kier molecular flexibility index (Phi) is 4.64. The number of carboxylic acids is 1. The van der Waals surface area contributed by atoms with Crippen LogP contribution in [0.1, 0.15) is 21.6 Å². The summed E-state index contributed by atoms with van der Waals surface area (Å²) < 4.78 is 13.2. The Hall–Kier alpha value is -1.86. The molecular formula is C13H10ClFN2O3S. The minimum Gasteiger partial charge on any atom is -0.478 e. The molecule has 2 rings (SSSR count). The van der Waals surface area contributed by atoms with Crippen molar-refractivity contribution in [1.29, 1.82) is 0 Å². The van der Waals surface area contributed by atoms with Crippen LogP contribution in [0, 0.1) is 12.7 Å². The number of benzene rings is 1. The molecule has 2 aromatic rings. The normalized spacial score (nSPS) is 10.6. The van der Waals surface area contributed by atoms with Gasteiger partial charge in [0, 0.05) is 16.5 Å². The molecule has 1 heterocycles. The molecule has 0 radical (unpaired) electrons. The minimum absolute atomic E-state index is 0.0732. The summed E-state index contributed by atoms with van der Waals surface area (Å²) in [6.45, 7) is 1.48. The van der Waals surface area contributed by atoms with Crippen molar-refractivity contribution >= 4 is 29.3 Å². The molecule has 0 aliphatic heterocycles. The highest BCUT2D eigenvalue weighted by Gasteiger charge is 2.17. The predicted molar refractivity (Wildman–Crippen MR) is 77.5 cm³/mol. The third-order valence-corrected chi connectivity index (χ3v) is 4.07. The van der Waals surface area contributed by atoms with Crippen molar-refractivity contribution in [2.75, 3.05) is 0 Å². The van der Waals surface area contributed by atoms with Crippen molar-refractivity contribution in [3.63, 3.8) is 0 Å². The molecule has 0 amide bonds. The SMILES string of the molecule is Cc1[nH]c(=O)nc(SCc2cc(F)ccc2Cl)c1C(=O)O. The van der Waals surface area contributed by atoms with E-state index in [1.54, 1.807) is 0 Å². The lowest BCUT2D eigenvalue weighted by Crippen LogP contribution is -2.18. The van der Waals surface area contributed by atoms with Gasteiger partial charge < -0.3 is 10.1 Å². The molecule has 2 N–H and O–H groups in total. The minimum atomic E-state index is -1.19. The van der Waals surface area contributed by atoms with Gasteiger partial charge >= 0.3 is 11.7 Å². The number of rotatable bonds is 4. The number of nitrogens with zero attached hydrogens (tertiary/aromatic N) is 1. The maximum absolute atomic E-state index is 13.2. The maximum atomic E-state index is 13.2. The largest absolute Gasteiger partial charge is 0.478 e. The molecule has 1 aromatic heterocycles. The molecule has 0 saturated heterocycles. The van der Waals surface area contributed by atoms with Crippen LogP contribution in [0.15, 0.2) is 28.0 Å². The number of hydrogen-bond acceptors (Lipinski definition) is 4. The zero-order valence-corrected chi connectivity index (χ0v) is 12.4. The second-order valence-corrected chi connectivity index (χ2v) is 5.55. The van der Waals surface area contributed by atoms with Crippen molar-refractivity contribution in [3.05, 3.63) is 56.3 Å². The van der Waals surface area contributed by atoms with Crippen LogP contribution in [-0.2, 0) is 5.75 Å². The smallest absolute Gasteiger partial charge is 0.346 e. The van der Waals surface area contributed by atoms with E-state index in [-0.39, 0.29) is 22.0 Å². The van der Waals surface area contributed by atoms with Crippen molar-refractivity contribution in [3.8, 4) is 0 Å². The lowest BCUT2D eigenvalue weighted by atomic mass is 10.2. The first-order valence-corrected chi connectivity index (χ1v) is 7.15. The van der Waals surface area contributed by atoms with Crippen molar-refractivity contribution in [2.45, 2.75) is 17.7 Å². The van der Waals surface area contributed by atoms with Crippen molar-refractivity contribution in [1.82, 2.24) is 9.97 Å². The predicted octanol–water partition coefficient (Wildman–Crippen LogP) is 2.86. The topological polar surface area (TPSA) is 83.0 Å². The lowest BCUT2D eigenvalue weighted by molar-refractivity contribution is 0.0690. The van der Waals surface area contributed by atoms with E-state index < -0.39 is 17.5 Å². The van der Waals surface area contributed by atoms with Crippen LogP contribution in [0.25, 0.3) is 0 Å². The van der Waals surface area contributed by atoms with Crippen LogP contribution < -0.4 is 5.69 Å². The first-order valence-electron chi connectivity index (χ1n) is 5.79. The third-order valence-electron chi connectivity index (χ3n) is 2.67. The number of nitrogens with one attached hydrogen (secondary N) is 1. The van der Waals surface area contributed by atoms with Crippen LogP contribution in [0.5, 0.6) is 0 Å². The number of hydrogen-bond donors (Lipinski definition) is 2. The fourth-order valence-electron chi connectivity index (χ4n) is 1.72. The molecular weight excluding hydrogens is 319 g/mol. The molecule has 0 unspecified atom stereocenters. The molecule has 0 aliphatic carbocycles. The van der Waals surface area contributed by atoms with Crippen LogP contribution >= 0.6 is 23.4 Å². The molecule has 0 aliphatic rings. The quantitative estimate of drug-likeness (QED) is 0.666. The van der Waals surface area contributed by atoms with Gasteiger partial charge in [0.1, 0.15) is 16.4 Å². The van der Waals surface area contributed by atoms with E-state index in [4.69, 9.17) is 11.6 Å². The summed E-state index contributed by atoms with van der Waals surface area (Å²) in [5.41, 5.74) is 0.00513. The van der Waals surface area contributed by atoms with Crippen LogP contribution in [0.4, 0.5) is 4.39 Å². The molecule has 110 valence electrons. The number of aromatic amines is 1. The van der Waals surface area contributed by atoms with E-state index in [1.807, 2.05) is 0 Å². The van der Waals surface area contributed by atoms with Gasteiger partial charge in [0.05, 0.1) is 0 Å². The Morgan fingerprint density at radius 2 is 2.24 bits per heavy atom. The van der Waals surface area contributed by atoms with E-state index in [0.29, 0.717) is 10.6 Å². The number of H-pyrrole nitrogens is 1. The molecule has 21 heavy (non-hydrogen) atoms. The third kappa shape index (κ3) is 3.62. The Balaban J connectivity index is 2.34. The molecule has 0 fully saturated rings. The number of aromatic nitrogens is 2. The summed E-state index contributed by atoms with van der Waals surface area (Å²) >= 11 is 6.96. The van der Waals surface area contributed by atoms with E-state index in [0.717, 1.165) is 11.8 Å². The zero-order chi connectivity index (χ0) is 15.6. The second-order valence-electron chi connectivity index (χ2n) is 4.18. The summed E-state index contributed by atoms with van der Waals surface area (Å²) in [4.78, 5) is 28.6. The summed E-state index contributed by atoms with van der Waals surface area (Å²) in [7, 11) is 0. The van der Waals surface area contributed by atoms with E-state index in [2.05, 4.69) is 9.97 Å². The summed E-state index contributed by atoms with van der Waals surface area (Å²) in [5, 5.41) is 9.61. The zero-order valence-electron chi connectivity index (χ0n) is 10.8. The maximum Gasteiger partial charge on any atom is 0.346 e. The Labute approximate surface area is 128 Å². The molecule has 0 atom stereocenters. The molecule has 0 spiro atoms. The lowest BCUT2D eigenvalue weighted by Gasteiger charge is -2.08. The monoisotopic (exact) mass is 328 g/mol. The van der Waals surface area contributed by atoms with Crippen LogP contribution in [0.3, 0.4) is 0 Å². The Morgan fingerprint density at radius 3 is 2.90 bits per heavy atom. The fourth-order valence-corrected chi connectivity index (χ4v) is 3.04. The van der Waals surface area contributed by atoms with E-state index in [1.165, 1.54) is 25.1 Å². The van der Waals surface area contributed by atoms with Gasteiger partial charge in [0.25, 0.3) is 0 Å². The highest BCUT2D eigenvalue weighted by molar-refractivity contribution is 7.98. The second kappa shape index (κ2) is 6.28.